The van der Waals surface area contributed by atoms with E-state index in [4.69, 9.17) is 0 Å². The lowest BCUT2D eigenvalue weighted by Crippen LogP contribution is -2.35. The van der Waals surface area contributed by atoms with Crippen molar-refractivity contribution >= 4 is 15.9 Å². The van der Waals surface area contributed by atoms with Gasteiger partial charge in [-0.25, -0.2) is 9.67 Å². The molecule has 108 valence electrons. The Morgan fingerprint density at radius 3 is 2.50 bits per heavy atom. The predicted molar refractivity (Wildman–Crippen MR) is 85.1 cm³/mol. The van der Waals surface area contributed by atoms with Gasteiger partial charge in [-0.2, -0.15) is 5.10 Å². The molecule has 2 heterocycles. The van der Waals surface area contributed by atoms with Crippen molar-refractivity contribution in [1.82, 2.24) is 20.1 Å². The van der Waals surface area contributed by atoms with E-state index in [1.54, 1.807) is 0 Å². The minimum absolute atomic E-state index is 0.0823. The molecule has 20 heavy (non-hydrogen) atoms. The van der Waals surface area contributed by atoms with E-state index < -0.39 is 0 Å². The van der Waals surface area contributed by atoms with Crippen LogP contribution >= 0.6 is 15.9 Å². The van der Waals surface area contributed by atoms with Crippen LogP contribution in [0, 0.1) is 13.8 Å². The third kappa shape index (κ3) is 3.46. The third-order valence-electron chi connectivity index (χ3n) is 3.01. The van der Waals surface area contributed by atoms with Gasteiger partial charge in [-0.1, -0.05) is 6.07 Å². The van der Waals surface area contributed by atoms with E-state index >= 15 is 0 Å². The van der Waals surface area contributed by atoms with Crippen LogP contribution in [0.3, 0.4) is 0 Å². The third-order valence-corrected chi connectivity index (χ3v) is 4.16. The fourth-order valence-corrected chi connectivity index (χ4v) is 2.13. The molecule has 0 bridgehead atoms. The molecule has 5 heteroatoms. The largest absolute Gasteiger partial charge is 0.306 e. The molecule has 4 nitrogen and oxygen atoms in total. The van der Waals surface area contributed by atoms with Crippen molar-refractivity contribution < 1.29 is 0 Å². The summed E-state index contributed by atoms with van der Waals surface area (Å²) in [5, 5.41) is 7.96. The number of nitrogens with zero attached hydrogens (tertiary/aromatic N) is 3. The molecule has 0 fully saturated rings. The fraction of sp³-hybridized carbons (Fsp3) is 0.467. The molecule has 0 amide bonds. The maximum absolute atomic E-state index is 4.68. The molecular formula is C15H21BrN4. The Morgan fingerprint density at radius 2 is 1.95 bits per heavy atom. The number of hydrogen-bond acceptors (Lipinski definition) is 3. The molecule has 0 aromatic carbocycles. The van der Waals surface area contributed by atoms with Gasteiger partial charge in [0.15, 0.2) is 5.82 Å². The molecule has 0 saturated heterocycles. The zero-order valence-electron chi connectivity index (χ0n) is 12.7. The van der Waals surface area contributed by atoms with Crippen molar-refractivity contribution in [2.45, 2.75) is 46.7 Å². The topological polar surface area (TPSA) is 42.7 Å². The highest BCUT2D eigenvalue weighted by Gasteiger charge is 2.12. The molecule has 0 aliphatic rings. The Bertz CT molecular complexity index is 611. The van der Waals surface area contributed by atoms with Crippen LogP contribution in [0.15, 0.2) is 22.7 Å². The monoisotopic (exact) mass is 336 g/mol. The Hall–Kier alpha value is -1.20. The lowest BCUT2D eigenvalue weighted by molar-refractivity contribution is 0.421. The van der Waals surface area contributed by atoms with E-state index in [1.807, 2.05) is 36.7 Å². The van der Waals surface area contributed by atoms with Gasteiger partial charge in [0.1, 0.15) is 0 Å². The van der Waals surface area contributed by atoms with Crippen LogP contribution in [0.4, 0.5) is 0 Å². The van der Waals surface area contributed by atoms with Gasteiger partial charge in [-0.05, 0) is 62.7 Å². The minimum Gasteiger partial charge on any atom is -0.306 e. The first kappa shape index (κ1) is 15.2. The lowest BCUT2D eigenvalue weighted by atomic mass is 10.1. The van der Waals surface area contributed by atoms with E-state index in [-0.39, 0.29) is 5.54 Å². The SMILES string of the molecule is Cc1nn(-c2cccc(CNC(C)(C)C)n2)c(C)c1Br. The second kappa shape index (κ2) is 5.66. The van der Waals surface area contributed by atoms with E-state index in [1.165, 1.54) is 0 Å². The Balaban J connectivity index is 2.28. The van der Waals surface area contributed by atoms with E-state index in [9.17, 15) is 0 Å². The van der Waals surface area contributed by atoms with Gasteiger partial charge in [0.05, 0.1) is 21.6 Å². The molecule has 1 N–H and O–H groups in total. The van der Waals surface area contributed by atoms with Crippen molar-refractivity contribution in [1.29, 1.82) is 0 Å². The highest BCUT2D eigenvalue weighted by atomic mass is 79.9. The van der Waals surface area contributed by atoms with Crippen LogP contribution in [0.25, 0.3) is 5.82 Å². The lowest BCUT2D eigenvalue weighted by Gasteiger charge is -2.20. The summed E-state index contributed by atoms with van der Waals surface area (Å²) in [6.45, 7) is 11.2. The summed E-state index contributed by atoms with van der Waals surface area (Å²) in [5.41, 5.74) is 3.14. The summed E-state index contributed by atoms with van der Waals surface area (Å²) in [6.07, 6.45) is 0. The van der Waals surface area contributed by atoms with Crippen LogP contribution < -0.4 is 5.32 Å². The molecule has 0 atom stereocenters. The first-order valence-corrected chi connectivity index (χ1v) is 7.50. The Labute approximate surface area is 128 Å². The number of aryl methyl sites for hydroxylation is 1. The van der Waals surface area contributed by atoms with Crippen molar-refractivity contribution in [2.75, 3.05) is 0 Å². The summed E-state index contributed by atoms with van der Waals surface area (Å²) in [6, 6.07) is 6.03. The van der Waals surface area contributed by atoms with Crippen LogP contribution in [0.5, 0.6) is 0 Å². The highest BCUT2D eigenvalue weighted by Crippen LogP contribution is 2.22. The van der Waals surface area contributed by atoms with E-state index in [2.05, 4.69) is 52.1 Å². The molecule has 0 saturated carbocycles. The normalized spacial score (nSPS) is 11.9. The molecular weight excluding hydrogens is 316 g/mol. The summed E-state index contributed by atoms with van der Waals surface area (Å²) in [4.78, 5) is 4.68. The number of halogens is 1. The molecule has 0 unspecified atom stereocenters. The average Bonchev–Trinajstić information content (AvgIpc) is 2.64. The second-order valence-electron chi connectivity index (χ2n) is 5.99. The molecule has 2 rings (SSSR count). The number of hydrogen-bond donors (Lipinski definition) is 1. The van der Waals surface area contributed by atoms with Gasteiger partial charge in [0.2, 0.25) is 0 Å². The maximum atomic E-state index is 4.68. The number of nitrogens with one attached hydrogen (secondary N) is 1. The van der Waals surface area contributed by atoms with Gasteiger partial charge in [0, 0.05) is 12.1 Å². The van der Waals surface area contributed by atoms with Crippen LogP contribution in [-0.4, -0.2) is 20.3 Å². The maximum Gasteiger partial charge on any atom is 0.153 e. The Morgan fingerprint density at radius 1 is 1.25 bits per heavy atom. The zero-order valence-corrected chi connectivity index (χ0v) is 14.2. The van der Waals surface area contributed by atoms with Gasteiger partial charge in [0.25, 0.3) is 0 Å². The van der Waals surface area contributed by atoms with Gasteiger partial charge >= 0.3 is 0 Å². The van der Waals surface area contributed by atoms with Crippen molar-refractivity contribution in [3.63, 3.8) is 0 Å². The number of aromatic nitrogens is 3. The smallest absolute Gasteiger partial charge is 0.153 e. The quantitative estimate of drug-likeness (QED) is 0.932. The summed E-state index contributed by atoms with van der Waals surface area (Å²) in [7, 11) is 0. The first-order chi connectivity index (χ1) is 9.28. The van der Waals surface area contributed by atoms with Crippen molar-refractivity contribution in [3.8, 4) is 5.82 Å². The van der Waals surface area contributed by atoms with E-state index in [0.29, 0.717) is 0 Å². The van der Waals surface area contributed by atoms with Crippen LogP contribution in [-0.2, 0) is 6.54 Å². The van der Waals surface area contributed by atoms with Crippen molar-refractivity contribution in [2.24, 2.45) is 0 Å². The van der Waals surface area contributed by atoms with Gasteiger partial charge < -0.3 is 5.32 Å². The number of rotatable bonds is 3. The Kier molecular flexibility index (Phi) is 4.30. The molecule has 0 aliphatic carbocycles. The van der Waals surface area contributed by atoms with Crippen molar-refractivity contribution in [3.05, 3.63) is 39.8 Å². The summed E-state index contributed by atoms with van der Waals surface area (Å²) >= 11 is 3.55. The average molecular weight is 337 g/mol. The van der Waals surface area contributed by atoms with Gasteiger partial charge in [-0.3, -0.25) is 0 Å². The molecule has 2 aromatic rings. The number of pyridine rings is 1. The predicted octanol–water partition coefficient (Wildman–Crippen LogP) is 3.53. The zero-order chi connectivity index (χ0) is 14.9. The molecule has 0 radical (unpaired) electrons. The molecule has 0 aliphatic heterocycles. The molecule has 0 spiro atoms. The highest BCUT2D eigenvalue weighted by molar-refractivity contribution is 9.10. The first-order valence-electron chi connectivity index (χ1n) is 6.71. The molecule has 2 aromatic heterocycles. The summed E-state index contributed by atoms with van der Waals surface area (Å²) in [5.74, 6) is 0.851. The van der Waals surface area contributed by atoms with Crippen LogP contribution in [0.1, 0.15) is 37.9 Å². The summed E-state index contributed by atoms with van der Waals surface area (Å²) < 4.78 is 2.91. The second-order valence-corrected chi connectivity index (χ2v) is 6.78. The van der Waals surface area contributed by atoms with E-state index in [0.717, 1.165) is 33.9 Å². The van der Waals surface area contributed by atoms with Crippen LogP contribution in [0.2, 0.25) is 0 Å². The standard InChI is InChI=1S/C15H21BrN4/c1-10-14(16)11(2)20(19-10)13-8-6-7-12(18-13)9-17-15(3,4)5/h6-8,17H,9H2,1-5H3. The van der Waals surface area contributed by atoms with Gasteiger partial charge in [-0.15, -0.1) is 0 Å². The minimum atomic E-state index is 0.0823. The fourth-order valence-electron chi connectivity index (χ4n) is 1.89.